The summed E-state index contributed by atoms with van der Waals surface area (Å²) in [5.74, 6) is 0. The molecule has 0 spiro atoms. The first-order chi connectivity index (χ1) is 8.82. The Balaban J connectivity index is 2.05. The van der Waals surface area contributed by atoms with E-state index in [4.69, 9.17) is 9.31 Å². The maximum absolute atomic E-state index is 6.09. The van der Waals surface area contributed by atoms with Crippen molar-refractivity contribution in [3.8, 4) is 0 Å². The number of fused-ring (bicyclic) bond motifs is 1. The van der Waals surface area contributed by atoms with Gasteiger partial charge in [-0.1, -0.05) is 0 Å². The molecule has 0 unspecified atom stereocenters. The van der Waals surface area contributed by atoms with Crippen LogP contribution in [0.25, 0.3) is 11.0 Å². The lowest BCUT2D eigenvalue weighted by molar-refractivity contribution is 0.00578. The van der Waals surface area contributed by atoms with Crippen molar-refractivity contribution < 1.29 is 9.31 Å². The first-order valence-corrected chi connectivity index (χ1v) is 6.58. The molecule has 0 radical (unpaired) electrons. The monoisotopic (exact) mass is 258 g/mol. The van der Waals surface area contributed by atoms with Crippen molar-refractivity contribution >= 4 is 23.7 Å². The van der Waals surface area contributed by atoms with Crippen LogP contribution in [0.4, 0.5) is 0 Å². The predicted molar refractivity (Wildman–Crippen MR) is 76.4 cm³/mol. The number of rotatable bonds is 1. The Morgan fingerprint density at radius 3 is 2.37 bits per heavy atom. The lowest BCUT2D eigenvalue weighted by Gasteiger charge is -2.32. The Bertz CT molecular complexity index is 617. The minimum atomic E-state index is -0.343. The zero-order valence-electron chi connectivity index (χ0n) is 12.1. The van der Waals surface area contributed by atoms with Gasteiger partial charge in [0.05, 0.1) is 27.8 Å². The highest BCUT2D eigenvalue weighted by Crippen LogP contribution is 2.36. The molecule has 5 heteroatoms. The summed E-state index contributed by atoms with van der Waals surface area (Å²) in [4.78, 5) is 4.37. The fraction of sp³-hybridized carbons (Fsp3) is 0.500. The minimum absolute atomic E-state index is 0.318. The van der Waals surface area contributed by atoms with Crippen molar-refractivity contribution in [2.75, 3.05) is 0 Å². The van der Waals surface area contributed by atoms with Crippen molar-refractivity contribution in [3.63, 3.8) is 0 Å². The third-order valence-corrected chi connectivity index (χ3v) is 4.34. The molecule has 3 rings (SSSR count). The average Bonchev–Trinajstić information content (AvgIpc) is 2.76. The Kier molecular flexibility index (Phi) is 2.56. The van der Waals surface area contributed by atoms with E-state index in [-0.39, 0.29) is 18.3 Å². The quantitative estimate of drug-likeness (QED) is 0.733. The molecular formula is C14H19BN2O2. The zero-order chi connectivity index (χ0) is 13.8. The summed E-state index contributed by atoms with van der Waals surface area (Å²) in [6.07, 6.45) is 1.80. The van der Waals surface area contributed by atoms with E-state index >= 15 is 0 Å². The van der Waals surface area contributed by atoms with Gasteiger partial charge in [0.1, 0.15) is 0 Å². The first kappa shape index (κ1) is 12.7. The van der Waals surface area contributed by atoms with Crippen molar-refractivity contribution in [2.45, 2.75) is 38.9 Å². The lowest BCUT2D eigenvalue weighted by atomic mass is 9.85. The molecule has 0 atom stereocenters. The van der Waals surface area contributed by atoms with Gasteiger partial charge in [0.25, 0.3) is 0 Å². The van der Waals surface area contributed by atoms with Crippen LogP contribution >= 0.6 is 0 Å². The van der Waals surface area contributed by atoms with Gasteiger partial charge in [0.2, 0.25) is 0 Å². The zero-order valence-corrected chi connectivity index (χ0v) is 12.1. The number of aromatic nitrogens is 2. The molecule has 0 N–H and O–H groups in total. The van der Waals surface area contributed by atoms with Crippen LogP contribution in [0.15, 0.2) is 24.4 Å². The molecular weight excluding hydrogens is 239 g/mol. The third kappa shape index (κ3) is 1.80. The van der Waals surface area contributed by atoms with Gasteiger partial charge >= 0.3 is 7.12 Å². The number of pyridine rings is 1. The second kappa shape index (κ2) is 3.84. The van der Waals surface area contributed by atoms with Crippen LogP contribution in [-0.4, -0.2) is 27.9 Å². The molecule has 1 fully saturated rings. The largest absolute Gasteiger partial charge is 0.512 e. The van der Waals surface area contributed by atoms with Crippen LogP contribution in [0.1, 0.15) is 27.7 Å². The van der Waals surface area contributed by atoms with Gasteiger partial charge in [-0.15, -0.1) is 0 Å². The molecule has 0 bridgehead atoms. The highest BCUT2D eigenvalue weighted by atomic mass is 16.7. The van der Waals surface area contributed by atoms with Crippen molar-refractivity contribution in [1.82, 2.24) is 9.55 Å². The minimum Gasteiger partial charge on any atom is -0.398 e. The third-order valence-electron chi connectivity index (χ3n) is 4.34. The first-order valence-electron chi connectivity index (χ1n) is 6.58. The second-order valence-electron chi connectivity index (χ2n) is 6.12. The van der Waals surface area contributed by atoms with Crippen molar-refractivity contribution in [3.05, 3.63) is 24.4 Å². The van der Waals surface area contributed by atoms with E-state index in [0.717, 1.165) is 16.6 Å². The van der Waals surface area contributed by atoms with E-state index < -0.39 is 0 Å². The van der Waals surface area contributed by atoms with E-state index in [1.165, 1.54) is 0 Å². The Labute approximate surface area is 113 Å². The Morgan fingerprint density at radius 1 is 1.16 bits per heavy atom. The summed E-state index contributed by atoms with van der Waals surface area (Å²) in [7, 11) is 1.67. The number of hydrogen-bond donors (Lipinski definition) is 0. The normalized spacial score (nSPS) is 21.2. The van der Waals surface area contributed by atoms with E-state index in [9.17, 15) is 0 Å². The molecule has 0 aliphatic carbocycles. The number of nitrogens with zero attached hydrogens (tertiary/aromatic N) is 2. The second-order valence-corrected chi connectivity index (χ2v) is 6.12. The van der Waals surface area contributed by atoms with Crippen LogP contribution < -0.4 is 5.59 Å². The van der Waals surface area contributed by atoms with Gasteiger partial charge in [-0.3, -0.25) is 4.98 Å². The molecule has 0 amide bonds. The van der Waals surface area contributed by atoms with Gasteiger partial charge in [0.15, 0.2) is 0 Å². The van der Waals surface area contributed by atoms with E-state index in [1.807, 2.05) is 19.2 Å². The van der Waals surface area contributed by atoms with Crippen LogP contribution in [0, 0.1) is 0 Å². The molecule has 3 heterocycles. The Hall–Kier alpha value is -1.33. The molecule has 2 aromatic heterocycles. The fourth-order valence-corrected chi connectivity index (χ4v) is 2.37. The molecule has 2 aromatic rings. The maximum atomic E-state index is 6.09. The highest BCUT2D eigenvalue weighted by Gasteiger charge is 2.52. The summed E-state index contributed by atoms with van der Waals surface area (Å²) in [5.41, 5.74) is 2.43. The van der Waals surface area contributed by atoms with E-state index in [2.05, 4.69) is 43.3 Å². The molecule has 0 saturated carbocycles. The molecule has 1 saturated heterocycles. The summed E-state index contributed by atoms with van der Waals surface area (Å²) >= 11 is 0. The molecule has 4 nitrogen and oxygen atoms in total. The van der Waals surface area contributed by atoms with Gasteiger partial charge in [-0.25, -0.2) is 0 Å². The van der Waals surface area contributed by atoms with Crippen LogP contribution in [0.2, 0.25) is 0 Å². The van der Waals surface area contributed by atoms with E-state index in [1.54, 1.807) is 6.20 Å². The highest BCUT2D eigenvalue weighted by molar-refractivity contribution is 6.61. The van der Waals surface area contributed by atoms with Gasteiger partial charge < -0.3 is 13.9 Å². The van der Waals surface area contributed by atoms with Gasteiger partial charge in [-0.05, 0) is 45.9 Å². The number of hydrogen-bond acceptors (Lipinski definition) is 3. The summed E-state index contributed by atoms with van der Waals surface area (Å²) in [6, 6.07) is 6.03. The average molecular weight is 258 g/mol. The molecule has 1 aliphatic rings. The van der Waals surface area contributed by atoms with Crippen molar-refractivity contribution in [2.24, 2.45) is 7.05 Å². The molecule has 0 aromatic carbocycles. The van der Waals surface area contributed by atoms with Crippen LogP contribution in [0.3, 0.4) is 0 Å². The van der Waals surface area contributed by atoms with Gasteiger partial charge in [-0.2, -0.15) is 0 Å². The standard InChI is InChI=1S/C14H19BN2O2/c1-13(2)14(3,4)19-15(18-13)12-9-10-11(17(12)5)7-6-8-16-10/h6-9H,1-5H3. The fourth-order valence-electron chi connectivity index (χ4n) is 2.37. The molecule has 1 aliphatic heterocycles. The smallest absolute Gasteiger partial charge is 0.398 e. The molecule has 19 heavy (non-hydrogen) atoms. The maximum Gasteiger partial charge on any atom is 0.512 e. The Morgan fingerprint density at radius 2 is 1.79 bits per heavy atom. The SMILES string of the molecule is Cn1c(B2OC(C)(C)C(C)(C)O2)cc2ncccc21. The number of aryl methyl sites for hydroxylation is 1. The molecule has 100 valence electrons. The summed E-state index contributed by atoms with van der Waals surface area (Å²) in [5, 5.41) is 0. The van der Waals surface area contributed by atoms with Crippen LogP contribution in [0.5, 0.6) is 0 Å². The van der Waals surface area contributed by atoms with Crippen LogP contribution in [-0.2, 0) is 16.4 Å². The predicted octanol–water partition coefficient (Wildman–Crippen LogP) is 1.87. The topological polar surface area (TPSA) is 36.3 Å². The van der Waals surface area contributed by atoms with Crippen molar-refractivity contribution in [1.29, 1.82) is 0 Å². The van der Waals surface area contributed by atoms with Gasteiger partial charge in [0, 0.05) is 13.2 Å². The summed E-state index contributed by atoms with van der Waals surface area (Å²) in [6.45, 7) is 8.25. The van der Waals surface area contributed by atoms with E-state index in [0.29, 0.717) is 0 Å². The lowest BCUT2D eigenvalue weighted by Crippen LogP contribution is -2.41. The summed E-state index contributed by atoms with van der Waals surface area (Å²) < 4.78 is 14.3.